The van der Waals surface area contributed by atoms with E-state index in [9.17, 15) is 0 Å². The maximum Gasteiger partial charge on any atom is 0.110 e. The van der Waals surface area contributed by atoms with E-state index in [-0.39, 0.29) is 0 Å². The van der Waals surface area contributed by atoms with Gasteiger partial charge < -0.3 is 10.3 Å². The lowest BCUT2D eigenvalue weighted by molar-refractivity contribution is 0.140. The number of aryl methyl sites for hydroxylation is 1. The van der Waals surface area contributed by atoms with Gasteiger partial charge in [0.2, 0.25) is 0 Å². The van der Waals surface area contributed by atoms with Gasteiger partial charge in [0.15, 0.2) is 0 Å². The molecule has 2 N–H and O–H groups in total. The SMILES string of the molecule is CCn1c(CC2(CN)CCC2)nc2cc(Br)ccc21. The van der Waals surface area contributed by atoms with Gasteiger partial charge in [0.05, 0.1) is 11.0 Å². The van der Waals surface area contributed by atoms with E-state index in [0.29, 0.717) is 5.41 Å². The number of fused-ring (bicyclic) bond motifs is 1. The number of halogens is 1. The first-order valence-corrected chi connectivity index (χ1v) is 7.81. The van der Waals surface area contributed by atoms with E-state index < -0.39 is 0 Å². The fourth-order valence-corrected chi connectivity index (χ4v) is 3.45. The van der Waals surface area contributed by atoms with Crippen molar-refractivity contribution in [2.24, 2.45) is 11.1 Å². The van der Waals surface area contributed by atoms with E-state index in [1.165, 1.54) is 30.6 Å². The van der Waals surface area contributed by atoms with Crippen molar-refractivity contribution < 1.29 is 0 Å². The van der Waals surface area contributed by atoms with Crippen molar-refractivity contribution in [3.05, 3.63) is 28.5 Å². The predicted molar refractivity (Wildman–Crippen MR) is 82.1 cm³/mol. The highest BCUT2D eigenvalue weighted by atomic mass is 79.9. The molecule has 102 valence electrons. The summed E-state index contributed by atoms with van der Waals surface area (Å²) in [5, 5.41) is 0. The molecule has 0 saturated heterocycles. The zero-order chi connectivity index (χ0) is 13.5. The first-order chi connectivity index (χ1) is 9.17. The molecule has 3 rings (SSSR count). The van der Waals surface area contributed by atoms with Crippen LogP contribution < -0.4 is 5.73 Å². The monoisotopic (exact) mass is 321 g/mol. The molecule has 0 amide bonds. The number of rotatable bonds is 4. The summed E-state index contributed by atoms with van der Waals surface area (Å²) in [6.45, 7) is 3.93. The lowest BCUT2D eigenvalue weighted by Crippen LogP contribution is -2.39. The number of benzene rings is 1. The zero-order valence-electron chi connectivity index (χ0n) is 11.3. The number of aromatic nitrogens is 2. The van der Waals surface area contributed by atoms with Gasteiger partial charge in [0.25, 0.3) is 0 Å². The van der Waals surface area contributed by atoms with E-state index >= 15 is 0 Å². The highest BCUT2D eigenvalue weighted by Crippen LogP contribution is 2.42. The molecule has 1 fully saturated rings. The Labute approximate surface area is 122 Å². The van der Waals surface area contributed by atoms with Gasteiger partial charge in [-0.15, -0.1) is 0 Å². The second kappa shape index (κ2) is 4.91. The first-order valence-electron chi connectivity index (χ1n) is 7.02. The normalized spacial score (nSPS) is 17.6. The first kappa shape index (κ1) is 13.1. The largest absolute Gasteiger partial charge is 0.330 e. The van der Waals surface area contributed by atoms with Crippen molar-refractivity contribution in [1.82, 2.24) is 9.55 Å². The topological polar surface area (TPSA) is 43.8 Å². The summed E-state index contributed by atoms with van der Waals surface area (Å²) in [6, 6.07) is 6.33. The van der Waals surface area contributed by atoms with Gasteiger partial charge in [-0.1, -0.05) is 22.4 Å². The van der Waals surface area contributed by atoms with E-state index in [1.54, 1.807) is 0 Å². The molecule has 3 nitrogen and oxygen atoms in total. The average Bonchev–Trinajstić information content (AvgIpc) is 2.69. The zero-order valence-corrected chi connectivity index (χ0v) is 12.9. The third kappa shape index (κ3) is 2.21. The Morgan fingerprint density at radius 2 is 2.21 bits per heavy atom. The Hall–Kier alpha value is -0.870. The quantitative estimate of drug-likeness (QED) is 0.936. The van der Waals surface area contributed by atoms with Crippen LogP contribution in [0.3, 0.4) is 0 Å². The molecule has 1 heterocycles. The van der Waals surface area contributed by atoms with Crippen LogP contribution in [0, 0.1) is 5.41 Å². The van der Waals surface area contributed by atoms with Crippen LogP contribution in [0.2, 0.25) is 0 Å². The molecule has 1 aliphatic rings. The molecule has 1 aliphatic carbocycles. The van der Waals surface area contributed by atoms with Gasteiger partial charge in [-0.3, -0.25) is 0 Å². The number of nitrogens with two attached hydrogens (primary N) is 1. The van der Waals surface area contributed by atoms with Crippen molar-refractivity contribution in [1.29, 1.82) is 0 Å². The summed E-state index contributed by atoms with van der Waals surface area (Å²) in [7, 11) is 0. The Morgan fingerprint density at radius 1 is 1.42 bits per heavy atom. The third-order valence-corrected chi connectivity index (χ3v) is 4.98. The minimum Gasteiger partial charge on any atom is -0.330 e. The second-order valence-corrected chi connectivity index (χ2v) is 6.56. The molecule has 2 aromatic rings. The summed E-state index contributed by atoms with van der Waals surface area (Å²) in [6.07, 6.45) is 4.83. The molecule has 0 bridgehead atoms. The molecular weight excluding hydrogens is 302 g/mol. The minimum atomic E-state index is 0.311. The fraction of sp³-hybridized carbons (Fsp3) is 0.533. The van der Waals surface area contributed by atoms with Crippen LogP contribution in [0.5, 0.6) is 0 Å². The maximum absolute atomic E-state index is 5.98. The van der Waals surface area contributed by atoms with Crippen LogP contribution in [-0.2, 0) is 13.0 Å². The third-order valence-electron chi connectivity index (χ3n) is 4.49. The molecule has 0 radical (unpaired) electrons. The summed E-state index contributed by atoms with van der Waals surface area (Å²) >= 11 is 3.52. The van der Waals surface area contributed by atoms with Crippen molar-refractivity contribution in [3.63, 3.8) is 0 Å². The van der Waals surface area contributed by atoms with Gasteiger partial charge in [0, 0.05) is 17.4 Å². The van der Waals surface area contributed by atoms with Crippen molar-refractivity contribution in [3.8, 4) is 0 Å². The number of imidazole rings is 1. The molecule has 1 aromatic carbocycles. The Balaban J connectivity index is 2.02. The van der Waals surface area contributed by atoms with Gasteiger partial charge in [-0.25, -0.2) is 4.98 Å². The molecule has 0 aliphatic heterocycles. The van der Waals surface area contributed by atoms with Gasteiger partial charge in [-0.2, -0.15) is 0 Å². The van der Waals surface area contributed by atoms with Crippen LogP contribution in [-0.4, -0.2) is 16.1 Å². The van der Waals surface area contributed by atoms with E-state index in [1.807, 2.05) is 0 Å². The van der Waals surface area contributed by atoms with Crippen LogP contribution in [0.1, 0.15) is 32.0 Å². The average molecular weight is 322 g/mol. The highest BCUT2D eigenvalue weighted by molar-refractivity contribution is 9.10. The lowest BCUT2D eigenvalue weighted by atomic mass is 9.66. The smallest absolute Gasteiger partial charge is 0.110 e. The maximum atomic E-state index is 5.98. The van der Waals surface area contributed by atoms with E-state index in [4.69, 9.17) is 10.7 Å². The fourth-order valence-electron chi connectivity index (χ4n) is 3.11. The van der Waals surface area contributed by atoms with Gasteiger partial charge >= 0.3 is 0 Å². The Morgan fingerprint density at radius 3 is 2.79 bits per heavy atom. The molecule has 0 spiro atoms. The molecule has 0 atom stereocenters. The molecule has 0 unspecified atom stereocenters. The highest BCUT2D eigenvalue weighted by Gasteiger charge is 2.37. The van der Waals surface area contributed by atoms with Gasteiger partial charge in [-0.05, 0) is 49.9 Å². The number of nitrogens with zero attached hydrogens (tertiary/aromatic N) is 2. The summed E-state index contributed by atoms with van der Waals surface area (Å²) in [4.78, 5) is 4.84. The van der Waals surface area contributed by atoms with Crippen molar-refractivity contribution in [2.45, 2.75) is 39.2 Å². The standard InChI is InChI=1S/C15H20BrN3/c1-2-19-13-5-4-11(16)8-12(13)18-14(19)9-15(10-17)6-3-7-15/h4-5,8H,2-3,6-7,9-10,17H2,1H3. The predicted octanol–water partition coefficient (Wildman–Crippen LogP) is 3.49. The Bertz CT molecular complexity index is 593. The van der Waals surface area contributed by atoms with E-state index in [0.717, 1.165) is 29.5 Å². The summed E-state index contributed by atoms with van der Waals surface area (Å²) < 4.78 is 3.42. The van der Waals surface area contributed by atoms with Crippen LogP contribution in [0.25, 0.3) is 11.0 Å². The molecule has 1 saturated carbocycles. The molecule has 4 heteroatoms. The minimum absolute atomic E-state index is 0.311. The molecular formula is C15H20BrN3. The van der Waals surface area contributed by atoms with Crippen LogP contribution >= 0.6 is 15.9 Å². The number of hydrogen-bond donors (Lipinski definition) is 1. The molecule has 19 heavy (non-hydrogen) atoms. The van der Waals surface area contributed by atoms with Crippen LogP contribution in [0.4, 0.5) is 0 Å². The van der Waals surface area contributed by atoms with E-state index in [2.05, 4.69) is 45.6 Å². The van der Waals surface area contributed by atoms with Crippen molar-refractivity contribution >= 4 is 27.0 Å². The lowest BCUT2D eigenvalue weighted by Gasteiger charge is -2.40. The van der Waals surface area contributed by atoms with Gasteiger partial charge in [0.1, 0.15) is 5.82 Å². The van der Waals surface area contributed by atoms with Crippen molar-refractivity contribution in [2.75, 3.05) is 6.54 Å². The summed E-state index contributed by atoms with van der Waals surface area (Å²) in [5.41, 5.74) is 8.60. The van der Waals surface area contributed by atoms with Crippen LogP contribution in [0.15, 0.2) is 22.7 Å². The molecule has 1 aromatic heterocycles. The summed E-state index contributed by atoms with van der Waals surface area (Å²) in [5.74, 6) is 1.20. The Kier molecular flexibility index (Phi) is 3.39. The number of hydrogen-bond acceptors (Lipinski definition) is 2. The second-order valence-electron chi connectivity index (χ2n) is 5.64.